The fraction of sp³-hybridized carbons (Fsp3) is 0.474. The summed E-state index contributed by atoms with van der Waals surface area (Å²) in [5.41, 5.74) is 1.26. The van der Waals surface area contributed by atoms with Crippen LogP contribution in [-0.2, 0) is 9.59 Å². The number of benzene rings is 1. The van der Waals surface area contributed by atoms with E-state index >= 15 is 0 Å². The minimum absolute atomic E-state index is 0.0327. The van der Waals surface area contributed by atoms with Gasteiger partial charge in [-0.25, -0.2) is 0 Å². The van der Waals surface area contributed by atoms with Crippen molar-refractivity contribution in [1.29, 1.82) is 0 Å². The third-order valence-electron chi connectivity index (χ3n) is 4.34. The van der Waals surface area contributed by atoms with E-state index in [0.29, 0.717) is 29.9 Å². The van der Waals surface area contributed by atoms with Gasteiger partial charge < -0.3 is 9.47 Å². The van der Waals surface area contributed by atoms with Crippen LogP contribution >= 0.6 is 0 Å². The Morgan fingerprint density at radius 3 is 2.26 bits per heavy atom. The first kappa shape index (κ1) is 17.1. The van der Waals surface area contributed by atoms with Crippen LogP contribution in [0.1, 0.15) is 50.2 Å². The SMILES string of the molecule is CC#Cc1cc(OC)c(C2C(=O)CCC(CC)C2=O)c(OC)c1. The van der Waals surface area contributed by atoms with Gasteiger partial charge in [-0.2, -0.15) is 0 Å². The van der Waals surface area contributed by atoms with Gasteiger partial charge in [-0.15, -0.1) is 5.92 Å². The van der Waals surface area contributed by atoms with Crippen molar-refractivity contribution in [3.8, 4) is 23.3 Å². The smallest absolute Gasteiger partial charge is 0.151 e. The third-order valence-corrected chi connectivity index (χ3v) is 4.34. The molecule has 2 rings (SSSR count). The molecule has 1 aromatic rings. The lowest BCUT2D eigenvalue weighted by Crippen LogP contribution is -2.34. The number of hydrogen-bond acceptors (Lipinski definition) is 4. The van der Waals surface area contributed by atoms with Gasteiger partial charge in [0, 0.05) is 17.9 Å². The standard InChI is InChI=1S/C19H22O4/c1-5-7-12-10-15(22-3)18(16(11-12)23-4)17-14(20)9-8-13(6-2)19(17)21/h10-11,13,17H,6,8-9H2,1-4H3. The third kappa shape index (κ3) is 3.24. The van der Waals surface area contributed by atoms with E-state index in [1.165, 1.54) is 14.2 Å². The molecular weight excluding hydrogens is 292 g/mol. The number of carbonyl (C=O) groups excluding carboxylic acids is 2. The first-order chi connectivity index (χ1) is 11.1. The summed E-state index contributed by atoms with van der Waals surface area (Å²) in [4.78, 5) is 25.2. The second-order valence-electron chi connectivity index (χ2n) is 5.61. The summed E-state index contributed by atoms with van der Waals surface area (Å²) in [5.74, 6) is 5.75. The average Bonchev–Trinajstić information content (AvgIpc) is 2.55. The quantitative estimate of drug-likeness (QED) is 0.633. The summed E-state index contributed by atoms with van der Waals surface area (Å²) in [7, 11) is 3.05. The Hall–Kier alpha value is -2.28. The van der Waals surface area contributed by atoms with Crippen LogP contribution in [0, 0.1) is 17.8 Å². The number of ketones is 2. The molecule has 0 spiro atoms. The molecule has 4 heteroatoms. The van der Waals surface area contributed by atoms with Crippen molar-refractivity contribution in [2.24, 2.45) is 5.92 Å². The molecule has 1 aliphatic rings. The fourth-order valence-corrected chi connectivity index (χ4v) is 3.15. The number of ether oxygens (including phenoxy) is 2. The molecule has 122 valence electrons. The van der Waals surface area contributed by atoms with Crippen LogP contribution in [0.5, 0.6) is 11.5 Å². The van der Waals surface area contributed by atoms with Gasteiger partial charge in [0.2, 0.25) is 0 Å². The van der Waals surface area contributed by atoms with Crippen molar-refractivity contribution in [3.63, 3.8) is 0 Å². The van der Waals surface area contributed by atoms with Gasteiger partial charge in [-0.1, -0.05) is 12.8 Å². The van der Waals surface area contributed by atoms with E-state index in [0.717, 1.165) is 12.0 Å². The van der Waals surface area contributed by atoms with Crippen LogP contribution < -0.4 is 9.47 Å². The molecule has 0 radical (unpaired) electrons. The zero-order chi connectivity index (χ0) is 17.0. The topological polar surface area (TPSA) is 52.6 Å². The lowest BCUT2D eigenvalue weighted by atomic mass is 9.74. The van der Waals surface area contributed by atoms with Crippen molar-refractivity contribution < 1.29 is 19.1 Å². The second-order valence-corrected chi connectivity index (χ2v) is 5.61. The van der Waals surface area contributed by atoms with E-state index in [1.807, 2.05) is 6.92 Å². The van der Waals surface area contributed by atoms with Crippen LogP contribution in [-0.4, -0.2) is 25.8 Å². The summed E-state index contributed by atoms with van der Waals surface area (Å²) in [6.07, 6.45) is 1.79. The minimum Gasteiger partial charge on any atom is -0.496 e. The van der Waals surface area contributed by atoms with Gasteiger partial charge in [-0.05, 0) is 31.9 Å². The Morgan fingerprint density at radius 1 is 1.17 bits per heavy atom. The van der Waals surface area contributed by atoms with Crippen LogP contribution in [0.15, 0.2) is 12.1 Å². The molecule has 2 atom stereocenters. The monoisotopic (exact) mass is 314 g/mol. The molecule has 2 unspecified atom stereocenters. The number of hydrogen-bond donors (Lipinski definition) is 0. The number of Topliss-reactive ketones (excluding diaryl/α,β-unsaturated/α-hetero) is 2. The first-order valence-electron chi connectivity index (χ1n) is 7.82. The molecule has 1 aromatic carbocycles. The maximum absolute atomic E-state index is 12.8. The zero-order valence-electron chi connectivity index (χ0n) is 14.1. The summed E-state index contributed by atoms with van der Waals surface area (Å²) < 4.78 is 10.9. The van der Waals surface area contributed by atoms with E-state index in [2.05, 4.69) is 11.8 Å². The molecule has 0 heterocycles. The molecule has 1 aliphatic carbocycles. The van der Waals surface area contributed by atoms with Crippen LogP contribution in [0.2, 0.25) is 0 Å². The Kier molecular flexibility index (Phi) is 5.44. The largest absolute Gasteiger partial charge is 0.496 e. The summed E-state index contributed by atoms with van der Waals surface area (Å²) >= 11 is 0. The van der Waals surface area contributed by atoms with Crippen molar-refractivity contribution in [2.45, 2.75) is 39.0 Å². The number of carbonyl (C=O) groups is 2. The summed E-state index contributed by atoms with van der Waals surface area (Å²) in [6.45, 7) is 3.72. The van der Waals surface area contributed by atoms with E-state index < -0.39 is 5.92 Å². The summed E-state index contributed by atoms with van der Waals surface area (Å²) in [6, 6.07) is 3.51. The lowest BCUT2D eigenvalue weighted by molar-refractivity contribution is -0.135. The van der Waals surface area contributed by atoms with Crippen LogP contribution in [0.25, 0.3) is 0 Å². The molecule has 4 nitrogen and oxygen atoms in total. The highest BCUT2D eigenvalue weighted by Gasteiger charge is 2.40. The van der Waals surface area contributed by atoms with Gasteiger partial charge >= 0.3 is 0 Å². The molecule has 0 saturated heterocycles. The number of rotatable bonds is 4. The highest BCUT2D eigenvalue weighted by Crippen LogP contribution is 2.42. The number of methoxy groups -OCH3 is 2. The Labute approximate surface area is 137 Å². The first-order valence-corrected chi connectivity index (χ1v) is 7.82. The van der Waals surface area contributed by atoms with Gasteiger partial charge in [0.15, 0.2) is 5.78 Å². The molecule has 23 heavy (non-hydrogen) atoms. The van der Waals surface area contributed by atoms with E-state index in [9.17, 15) is 9.59 Å². The van der Waals surface area contributed by atoms with Gasteiger partial charge in [0.05, 0.1) is 19.8 Å². The molecule has 0 N–H and O–H groups in total. The van der Waals surface area contributed by atoms with Crippen molar-refractivity contribution >= 4 is 11.6 Å². The molecule has 0 bridgehead atoms. The lowest BCUT2D eigenvalue weighted by Gasteiger charge is -2.28. The fourth-order valence-electron chi connectivity index (χ4n) is 3.15. The Morgan fingerprint density at radius 2 is 1.78 bits per heavy atom. The molecule has 1 fully saturated rings. The molecular formula is C19H22O4. The van der Waals surface area contributed by atoms with Crippen molar-refractivity contribution in [1.82, 2.24) is 0 Å². The molecule has 0 amide bonds. The molecule has 0 aromatic heterocycles. The molecule has 1 saturated carbocycles. The maximum atomic E-state index is 12.8. The van der Waals surface area contributed by atoms with Gasteiger partial charge in [0.25, 0.3) is 0 Å². The van der Waals surface area contributed by atoms with Crippen LogP contribution in [0.4, 0.5) is 0 Å². The Bertz CT molecular complexity index is 653. The van der Waals surface area contributed by atoms with Gasteiger partial charge in [-0.3, -0.25) is 9.59 Å². The summed E-state index contributed by atoms with van der Waals surface area (Å²) in [5, 5.41) is 0. The average molecular weight is 314 g/mol. The van der Waals surface area contributed by atoms with Crippen molar-refractivity contribution in [3.05, 3.63) is 23.3 Å². The maximum Gasteiger partial charge on any atom is 0.151 e. The highest BCUT2D eigenvalue weighted by molar-refractivity contribution is 6.11. The minimum atomic E-state index is -0.803. The Balaban J connectivity index is 2.61. The normalized spacial score (nSPS) is 20.7. The van der Waals surface area contributed by atoms with Crippen LogP contribution in [0.3, 0.4) is 0 Å². The zero-order valence-corrected chi connectivity index (χ0v) is 14.1. The van der Waals surface area contributed by atoms with E-state index in [1.54, 1.807) is 19.1 Å². The van der Waals surface area contributed by atoms with E-state index in [4.69, 9.17) is 9.47 Å². The van der Waals surface area contributed by atoms with Crippen molar-refractivity contribution in [2.75, 3.05) is 14.2 Å². The molecule has 0 aliphatic heterocycles. The predicted octanol–water partition coefficient (Wildman–Crippen LogP) is 3.12. The highest BCUT2D eigenvalue weighted by atomic mass is 16.5. The predicted molar refractivity (Wildman–Crippen MR) is 87.9 cm³/mol. The second kappa shape index (κ2) is 7.32. The van der Waals surface area contributed by atoms with E-state index in [-0.39, 0.29) is 17.5 Å². The van der Waals surface area contributed by atoms with Gasteiger partial charge in [0.1, 0.15) is 23.2 Å².